The first-order chi connectivity index (χ1) is 11.3. The fraction of sp³-hybridized carbons (Fsp3) is 0.950. The van der Waals surface area contributed by atoms with Gasteiger partial charge in [-0.05, 0) is 63.7 Å². The quantitative estimate of drug-likeness (QED) is 0.302. The molecule has 0 aromatic carbocycles. The molecule has 0 aromatic rings. The Balaban J connectivity index is 0.000000671. The van der Waals surface area contributed by atoms with Crippen LogP contribution in [0.25, 0.3) is 0 Å². The Hall–Kier alpha value is 1.54. The molecule has 0 bridgehead atoms. The van der Waals surface area contributed by atoms with Crippen LogP contribution in [0.4, 0.5) is 0 Å². The standard InChI is InChI=1S/C19H35P.CH3.2ClH.Cr/c1-3-11-18(12-4-1)20(19-13-5-2-6-14-19)16-15-17-9-7-8-10-17;;;;/h17-19H,1-16H2;1H3;2*1H;/q;-1;;;+2/p-1. The van der Waals surface area contributed by atoms with Gasteiger partial charge in [-0.2, -0.15) is 0 Å². The Kier molecular flexibility index (Phi) is 14.3. The maximum atomic E-state index is 4.83. The van der Waals surface area contributed by atoms with Crippen molar-refractivity contribution in [2.45, 2.75) is 108 Å². The van der Waals surface area contributed by atoms with Crippen molar-refractivity contribution in [3.8, 4) is 0 Å². The van der Waals surface area contributed by atoms with Gasteiger partial charge in [0.1, 0.15) is 0 Å². The van der Waals surface area contributed by atoms with E-state index < -0.39 is 0 Å². The van der Waals surface area contributed by atoms with Crippen molar-refractivity contribution in [3.63, 3.8) is 0 Å². The summed E-state index contributed by atoms with van der Waals surface area (Å²) in [6, 6.07) is 0. The molecule has 0 amide bonds. The summed E-state index contributed by atoms with van der Waals surface area (Å²) < 4.78 is 0. The van der Waals surface area contributed by atoms with Crippen LogP contribution in [0.5, 0.6) is 0 Å². The summed E-state index contributed by atoms with van der Waals surface area (Å²) in [5, 5.41) is 0. The second-order valence-electron chi connectivity index (χ2n) is 7.99. The van der Waals surface area contributed by atoms with Crippen LogP contribution in [0.3, 0.4) is 0 Å². The van der Waals surface area contributed by atoms with E-state index in [9.17, 15) is 0 Å². The van der Waals surface area contributed by atoms with E-state index in [1.165, 1.54) is 11.3 Å². The van der Waals surface area contributed by atoms with Gasteiger partial charge < -0.3 is 7.43 Å². The van der Waals surface area contributed by atoms with Gasteiger partial charge in [0.05, 0.1) is 17.5 Å². The first-order valence-corrected chi connectivity index (χ1v) is 15.5. The van der Waals surface area contributed by atoms with Crippen molar-refractivity contribution in [1.82, 2.24) is 0 Å². The third-order valence-corrected chi connectivity index (χ3v) is 10.7. The van der Waals surface area contributed by atoms with Gasteiger partial charge in [-0.25, -0.2) is 0 Å². The molecule has 0 atom stereocenters. The molecule has 24 heavy (non-hydrogen) atoms. The normalized spacial score (nSPS) is 23.6. The van der Waals surface area contributed by atoms with Gasteiger partial charge in [-0.1, -0.05) is 38.5 Å². The van der Waals surface area contributed by atoms with E-state index in [1.807, 2.05) is 0 Å². The van der Waals surface area contributed by atoms with Crippen molar-refractivity contribution in [3.05, 3.63) is 7.43 Å². The third-order valence-electron chi connectivity index (χ3n) is 6.58. The van der Waals surface area contributed by atoms with Crippen molar-refractivity contribution < 1.29 is 13.4 Å². The summed E-state index contributed by atoms with van der Waals surface area (Å²) in [5.41, 5.74) is 2.44. The van der Waals surface area contributed by atoms with Crippen molar-refractivity contribution in [1.29, 1.82) is 0 Å². The van der Waals surface area contributed by atoms with Gasteiger partial charge in [-0.15, -0.1) is 0 Å². The number of rotatable bonds is 5. The van der Waals surface area contributed by atoms with Crippen LogP contribution in [-0.4, -0.2) is 17.5 Å². The van der Waals surface area contributed by atoms with Gasteiger partial charge in [0, 0.05) is 7.92 Å². The van der Waals surface area contributed by atoms with Crippen LogP contribution in [0, 0.1) is 13.3 Å². The molecule has 0 radical (unpaired) electrons. The molecule has 3 fully saturated rings. The molecule has 3 aliphatic rings. The average molecular weight is 433 g/mol. The van der Waals surface area contributed by atoms with Gasteiger partial charge in [0.2, 0.25) is 0 Å². The Bertz CT molecular complexity index is 267. The number of hydrogen-bond acceptors (Lipinski definition) is 0. The first kappa shape index (κ1) is 23.6. The minimum absolute atomic E-state index is 0. The van der Waals surface area contributed by atoms with Crippen molar-refractivity contribution >= 4 is 28.0 Å². The van der Waals surface area contributed by atoms with Crippen molar-refractivity contribution in [2.24, 2.45) is 5.92 Å². The summed E-state index contributed by atoms with van der Waals surface area (Å²) in [7, 11) is 9.62. The molecule has 3 rings (SSSR count). The van der Waals surface area contributed by atoms with Gasteiger partial charge in [-0.3, -0.25) is 0 Å². The van der Waals surface area contributed by atoms with E-state index in [1.54, 1.807) is 102 Å². The molecule has 3 saturated carbocycles. The van der Waals surface area contributed by atoms with Gasteiger partial charge >= 0.3 is 33.5 Å². The Morgan fingerprint density at radius 3 is 1.46 bits per heavy atom. The summed E-state index contributed by atoms with van der Waals surface area (Å²) in [5.74, 6) is 1.14. The molecule has 0 N–H and O–H groups in total. The summed E-state index contributed by atoms with van der Waals surface area (Å²) >= 11 is -0.181. The fourth-order valence-electron chi connectivity index (χ4n) is 5.36. The van der Waals surface area contributed by atoms with Gasteiger partial charge in [0.15, 0.2) is 0 Å². The molecule has 3 aliphatic carbocycles. The molecule has 0 spiro atoms. The van der Waals surface area contributed by atoms with Crippen LogP contribution >= 0.6 is 28.0 Å². The Morgan fingerprint density at radius 1 is 0.667 bits per heavy atom. The van der Waals surface area contributed by atoms with Crippen LogP contribution < -0.4 is 0 Å². The zero-order chi connectivity index (χ0) is 16.3. The molecule has 0 heterocycles. The maximum absolute atomic E-state index is 4.83. The summed E-state index contributed by atoms with van der Waals surface area (Å²) in [4.78, 5) is 0. The molecule has 0 saturated heterocycles. The SMILES string of the molecule is C1CCC([PH+](CCC2CCCC2)C2CCCCC2)CC1.[CH3-].[Cl][Cr][Cl]. The van der Waals surface area contributed by atoms with Crippen LogP contribution in [0.2, 0.25) is 0 Å². The fourth-order valence-corrected chi connectivity index (χ4v) is 9.88. The van der Waals surface area contributed by atoms with E-state index in [2.05, 4.69) is 0 Å². The zero-order valence-corrected chi connectivity index (χ0v) is 19.5. The van der Waals surface area contributed by atoms with E-state index in [4.69, 9.17) is 20.1 Å². The molecule has 0 unspecified atom stereocenters. The second kappa shape index (κ2) is 14.6. The summed E-state index contributed by atoms with van der Waals surface area (Å²) in [6.07, 6.45) is 25.4. The second-order valence-corrected chi connectivity index (χ2v) is 13.4. The van der Waals surface area contributed by atoms with E-state index in [-0.39, 0.29) is 28.7 Å². The molecule has 0 nitrogen and oxygen atoms in total. The molecule has 144 valence electrons. The first-order valence-electron chi connectivity index (χ1n) is 10.1. The van der Waals surface area contributed by atoms with Gasteiger partial charge in [0.25, 0.3) is 0 Å². The number of hydrogen-bond donors (Lipinski definition) is 0. The van der Waals surface area contributed by atoms with E-state index in [0.29, 0.717) is 0 Å². The number of halogens is 2. The summed E-state index contributed by atoms with van der Waals surface area (Å²) in [6.45, 7) is 0. The van der Waals surface area contributed by atoms with E-state index in [0.717, 1.165) is 5.92 Å². The molecule has 4 heteroatoms. The van der Waals surface area contributed by atoms with Crippen LogP contribution in [-0.2, 0) is 13.4 Å². The van der Waals surface area contributed by atoms with Crippen molar-refractivity contribution in [2.75, 3.05) is 6.16 Å². The molecule has 0 aliphatic heterocycles. The third kappa shape index (κ3) is 8.49. The van der Waals surface area contributed by atoms with Crippen LogP contribution in [0.1, 0.15) is 96.3 Å². The molecule has 0 aromatic heterocycles. The zero-order valence-electron chi connectivity index (χ0n) is 15.7. The Labute approximate surface area is 168 Å². The molecular weight excluding hydrogens is 394 g/mol. The topological polar surface area (TPSA) is 0 Å². The predicted octanol–water partition coefficient (Wildman–Crippen LogP) is 8.27. The average Bonchev–Trinajstić information content (AvgIpc) is 3.11. The van der Waals surface area contributed by atoms with Crippen LogP contribution in [0.15, 0.2) is 0 Å². The minimum atomic E-state index is -0.181. The predicted molar refractivity (Wildman–Crippen MR) is 112 cm³/mol. The molecular formula is C20H39Cl2CrP. The van der Waals surface area contributed by atoms with E-state index >= 15 is 0 Å². The Morgan fingerprint density at radius 2 is 1.04 bits per heavy atom. The monoisotopic (exact) mass is 432 g/mol.